The van der Waals surface area contributed by atoms with E-state index in [1.807, 2.05) is 0 Å². The molecule has 0 bridgehead atoms. The fraction of sp³-hybridized carbons (Fsp3) is 0.176. The molecule has 3 rings (SSSR count). The number of fused-ring (bicyclic) bond motifs is 1. The van der Waals surface area contributed by atoms with E-state index in [2.05, 4.69) is 5.32 Å². The van der Waals surface area contributed by atoms with Crippen molar-refractivity contribution in [3.63, 3.8) is 0 Å². The zero-order valence-electron chi connectivity index (χ0n) is 14.1. The molecule has 1 aliphatic heterocycles. The summed E-state index contributed by atoms with van der Waals surface area (Å²) in [5.41, 5.74) is 0.640. The number of sulfonamides is 1. The smallest absolute Gasteiger partial charge is 0.248 e. The van der Waals surface area contributed by atoms with Gasteiger partial charge >= 0.3 is 0 Å². The lowest BCUT2D eigenvalue weighted by Gasteiger charge is -2.31. The Hall–Kier alpha value is -3.01. The van der Waals surface area contributed by atoms with E-state index >= 15 is 0 Å². The predicted molar refractivity (Wildman–Crippen MR) is 96.0 cm³/mol. The summed E-state index contributed by atoms with van der Waals surface area (Å²) in [4.78, 5) is 25.8. The molecule has 2 aromatic rings. The second-order valence-electron chi connectivity index (χ2n) is 5.91. The van der Waals surface area contributed by atoms with Gasteiger partial charge in [0.15, 0.2) is 11.6 Å². The molecule has 0 spiro atoms. The highest BCUT2D eigenvalue weighted by atomic mass is 32.2. The number of amides is 2. The van der Waals surface area contributed by atoms with Crippen molar-refractivity contribution in [2.24, 2.45) is 0 Å². The molecule has 0 aliphatic carbocycles. The maximum atomic E-state index is 13.5. The molecular formula is C17H15F2N3O4S. The van der Waals surface area contributed by atoms with E-state index in [0.29, 0.717) is 21.7 Å². The lowest BCUT2D eigenvalue weighted by molar-refractivity contribution is -0.121. The molecule has 0 radical (unpaired) electrons. The Balaban J connectivity index is 1.94. The van der Waals surface area contributed by atoms with E-state index in [-0.39, 0.29) is 12.2 Å². The van der Waals surface area contributed by atoms with Crippen LogP contribution in [0.15, 0.2) is 42.5 Å². The third-order valence-electron chi connectivity index (χ3n) is 3.94. The van der Waals surface area contributed by atoms with Gasteiger partial charge in [0.25, 0.3) is 0 Å². The van der Waals surface area contributed by atoms with Crippen molar-refractivity contribution in [1.29, 1.82) is 0 Å². The van der Waals surface area contributed by atoms with Crippen LogP contribution >= 0.6 is 0 Å². The molecule has 10 heteroatoms. The molecule has 0 unspecified atom stereocenters. The van der Waals surface area contributed by atoms with Crippen LogP contribution < -0.4 is 14.5 Å². The maximum Gasteiger partial charge on any atom is 0.248 e. The van der Waals surface area contributed by atoms with Gasteiger partial charge in [-0.25, -0.2) is 17.2 Å². The van der Waals surface area contributed by atoms with Crippen LogP contribution in [0.5, 0.6) is 0 Å². The van der Waals surface area contributed by atoms with Crippen molar-refractivity contribution < 1.29 is 26.8 Å². The number of carbonyl (C=O) groups excluding carboxylic acids is 2. The summed E-state index contributed by atoms with van der Waals surface area (Å²) in [6.45, 7) is -0.962. The molecule has 0 atom stereocenters. The van der Waals surface area contributed by atoms with Crippen LogP contribution in [0.1, 0.15) is 0 Å². The molecule has 0 aromatic heterocycles. The summed E-state index contributed by atoms with van der Waals surface area (Å²) in [6, 6.07) is 9.09. The molecule has 0 saturated heterocycles. The number of hydrogen-bond acceptors (Lipinski definition) is 4. The van der Waals surface area contributed by atoms with Gasteiger partial charge in [0, 0.05) is 6.07 Å². The molecule has 1 N–H and O–H groups in total. The number of anilines is 3. The molecule has 1 heterocycles. The molecule has 2 aromatic carbocycles. The zero-order chi connectivity index (χ0) is 19.8. The quantitative estimate of drug-likeness (QED) is 0.854. The maximum absolute atomic E-state index is 13.5. The van der Waals surface area contributed by atoms with E-state index in [0.717, 1.165) is 23.3 Å². The van der Waals surface area contributed by atoms with Gasteiger partial charge in [-0.15, -0.1) is 0 Å². The molecule has 0 saturated carbocycles. The van der Waals surface area contributed by atoms with Crippen LogP contribution in [0.2, 0.25) is 0 Å². The highest BCUT2D eigenvalue weighted by molar-refractivity contribution is 7.92. The first-order valence-corrected chi connectivity index (χ1v) is 9.63. The molecule has 27 heavy (non-hydrogen) atoms. The highest BCUT2D eigenvalue weighted by Gasteiger charge is 2.30. The topological polar surface area (TPSA) is 86.8 Å². The summed E-state index contributed by atoms with van der Waals surface area (Å²) >= 11 is 0. The van der Waals surface area contributed by atoms with Crippen LogP contribution in [0.25, 0.3) is 0 Å². The Labute approximate surface area is 154 Å². The SMILES string of the molecule is CS(=O)(=O)N(CC(=O)N1CC(=O)Nc2ccccc21)c1ccc(F)c(F)c1. The van der Waals surface area contributed by atoms with E-state index in [1.165, 1.54) is 0 Å². The van der Waals surface area contributed by atoms with E-state index in [9.17, 15) is 26.8 Å². The summed E-state index contributed by atoms with van der Waals surface area (Å²) in [5, 5.41) is 2.62. The first-order chi connectivity index (χ1) is 12.7. The Bertz CT molecular complexity index is 1030. The van der Waals surface area contributed by atoms with Crippen molar-refractivity contribution in [3.05, 3.63) is 54.1 Å². The molecule has 1 aliphatic rings. The van der Waals surface area contributed by atoms with Gasteiger partial charge in [-0.2, -0.15) is 0 Å². The normalized spacial score (nSPS) is 13.7. The largest absolute Gasteiger partial charge is 0.323 e. The van der Waals surface area contributed by atoms with Crippen LogP contribution in [0, 0.1) is 11.6 Å². The number of rotatable bonds is 4. The van der Waals surface area contributed by atoms with E-state index in [4.69, 9.17) is 0 Å². The number of carbonyl (C=O) groups is 2. The minimum Gasteiger partial charge on any atom is -0.323 e. The fourth-order valence-corrected chi connectivity index (χ4v) is 3.55. The van der Waals surface area contributed by atoms with Crippen molar-refractivity contribution in [2.75, 3.05) is 33.9 Å². The highest BCUT2D eigenvalue weighted by Crippen LogP contribution is 2.29. The average molecular weight is 395 g/mol. The van der Waals surface area contributed by atoms with Crippen LogP contribution in [-0.2, 0) is 19.6 Å². The zero-order valence-corrected chi connectivity index (χ0v) is 15.0. The first kappa shape index (κ1) is 18.8. The molecule has 7 nitrogen and oxygen atoms in total. The predicted octanol–water partition coefficient (Wildman–Crippen LogP) is 1.72. The van der Waals surface area contributed by atoms with Gasteiger partial charge in [-0.1, -0.05) is 12.1 Å². The number of nitrogens with zero attached hydrogens (tertiary/aromatic N) is 2. The molecule has 2 amide bonds. The van der Waals surface area contributed by atoms with Gasteiger partial charge in [0.1, 0.15) is 13.1 Å². The molecule has 0 fully saturated rings. The number of nitrogens with one attached hydrogen (secondary N) is 1. The number of halogens is 2. The summed E-state index contributed by atoms with van der Waals surface area (Å²) in [5.74, 6) is -3.50. The van der Waals surface area contributed by atoms with Gasteiger partial charge in [0.2, 0.25) is 21.8 Å². The lowest BCUT2D eigenvalue weighted by Crippen LogP contribution is -2.47. The fourth-order valence-electron chi connectivity index (χ4n) is 2.70. The Morgan fingerprint density at radius 1 is 1.19 bits per heavy atom. The van der Waals surface area contributed by atoms with Gasteiger partial charge in [0.05, 0.1) is 23.3 Å². The number of hydrogen-bond donors (Lipinski definition) is 1. The second-order valence-corrected chi connectivity index (χ2v) is 7.82. The van der Waals surface area contributed by atoms with Crippen molar-refractivity contribution in [2.45, 2.75) is 0 Å². The minimum atomic E-state index is -3.98. The number of para-hydroxylation sites is 2. The van der Waals surface area contributed by atoms with Gasteiger partial charge in [-0.3, -0.25) is 18.8 Å². The monoisotopic (exact) mass is 395 g/mol. The van der Waals surface area contributed by atoms with Crippen LogP contribution in [0.4, 0.5) is 25.8 Å². The average Bonchev–Trinajstić information content (AvgIpc) is 2.60. The minimum absolute atomic E-state index is 0.195. The van der Waals surface area contributed by atoms with Crippen molar-refractivity contribution >= 4 is 38.9 Å². The van der Waals surface area contributed by atoms with E-state index in [1.54, 1.807) is 24.3 Å². The Morgan fingerprint density at radius 2 is 1.89 bits per heavy atom. The van der Waals surface area contributed by atoms with Crippen LogP contribution in [0.3, 0.4) is 0 Å². The Morgan fingerprint density at radius 3 is 2.56 bits per heavy atom. The molecular weight excluding hydrogens is 380 g/mol. The van der Waals surface area contributed by atoms with Gasteiger partial charge in [-0.05, 0) is 24.3 Å². The Kier molecular flexibility index (Phi) is 4.83. The number of benzene rings is 2. The third-order valence-corrected chi connectivity index (χ3v) is 5.08. The van der Waals surface area contributed by atoms with Crippen molar-refractivity contribution in [3.8, 4) is 0 Å². The summed E-state index contributed by atoms with van der Waals surface area (Å²) in [7, 11) is -3.98. The van der Waals surface area contributed by atoms with Crippen molar-refractivity contribution in [1.82, 2.24) is 0 Å². The first-order valence-electron chi connectivity index (χ1n) is 7.79. The lowest BCUT2D eigenvalue weighted by atomic mass is 10.2. The third kappa shape index (κ3) is 3.90. The standard InChI is InChI=1S/C17H15F2N3O4S/c1-27(25,26)22(11-6-7-12(18)13(19)8-11)10-17(24)21-9-16(23)20-14-4-2-3-5-15(14)21/h2-8H,9-10H2,1H3,(H,20,23). The second kappa shape index (κ2) is 6.95. The van der Waals surface area contributed by atoms with Crippen LogP contribution in [-0.4, -0.2) is 39.6 Å². The summed E-state index contributed by atoms with van der Waals surface area (Å²) in [6.07, 6.45) is 0.846. The summed E-state index contributed by atoms with van der Waals surface area (Å²) < 4.78 is 51.6. The molecule has 142 valence electrons. The van der Waals surface area contributed by atoms with Gasteiger partial charge < -0.3 is 5.32 Å². The van der Waals surface area contributed by atoms with E-state index < -0.39 is 40.0 Å².